The van der Waals surface area contributed by atoms with Crippen molar-refractivity contribution in [1.29, 1.82) is 0 Å². The highest BCUT2D eigenvalue weighted by atomic mass is 35.5. The summed E-state index contributed by atoms with van der Waals surface area (Å²) in [6.07, 6.45) is -3.28. The number of ether oxygens (including phenoxy) is 1. The SMILES string of the molecule is CCOC(=O)C1=C(C(F)(F)F)N=c2s/c(=C\c3c(C)n(CC)c4ccccc34)c(=O)n2[C@H]1c1ccc(Cl)cc1. The van der Waals surface area contributed by atoms with E-state index < -0.39 is 35.0 Å². The molecular formula is C28H23ClF3N3O3S. The van der Waals surface area contributed by atoms with Gasteiger partial charge in [0.1, 0.15) is 0 Å². The molecule has 39 heavy (non-hydrogen) atoms. The number of carbonyl (C=O) groups excluding carboxylic acids is 1. The van der Waals surface area contributed by atoms with E-state index in [-0.39, 0.29) is 21.5 Å². The summed E-state index contributed by atoms with van der Waals surface area (Å²) in [5, 5.41) is 1.27. The number of hydrogen-bond donors (Lipinski definition) is 0. The van der Waals surface area contributed by atoms with Gasteiger partial charge in [-0.15, -0.1) is 0 Å². The summed E-state index contributed by atoms with van der Waals surface area (Å²) in [5.41, 5.74) is 0.278. The lowest BCUT2D eigenvalue weighted by atomic mass is 9.95. The molecule has 11 heteroatoms. The van der Waals surface area contributed by atoms with Crippen molar-refractivity contribution < 1.29 is 22.7 Å². The van der Waals surface area contributed by atoms with Crippen LogP contribution in [0.15, 0.2) is 69.6 Å². The van der Waals surface area contributed by atoms with Crippen LogP contribution in [-0.2, 0) is 16.1 Å². The van der Waals surface area contributed by atoms with Crippen molar-refractivity contribution in [2.24, 2.45) is 4.99 Å². The van der Waals surface area contributed by atoms with Crippen LogP contribution in [0.1, 0.15) is 36.7 Å². The van der Waals surface area contributed by atoms with Crippen LogP contribution in [0.2, 0.25) is 5.02 Å². The Balaban J connectivity index is 1.84. The fourth-order valence-electron chi connectivity index (χ4n) is 4.98. The number of para-hydroxylation sites is 1. The van der Waals surface area contributed by atoms with Gasteiger partial charge in [-0.3, -0.25) is 9.36 Å². The molecule has 1 aliphatic heterocycles. The maximum Gasteiger partial charge on any atom is 0.434 e. The maximum absolute atomic E-state index is 14.3. The number of rotatable bonds is 5. The van der Waals surface area contributed by atoms with Crippen molar-refractivity contribution in [2.45, 2.75) is 39.5 Å². The number of esters is 1. The molecule has 0 amide bonds. The highest BCUT2D eigenvalue weighted by molar-refractivity contribution is 7.07. The van der Waals surface area contributed by atoms with Gasteiger partial charge < -0.3 is 9.30 Å². The molecule has 0 fully saturated rings. The second-order valence-corrected chi connectivity index (χ2v) is 10.3. The van der Waals surface area contributed by atoms with E-state index in [4.69, 9.17) is 16.3 Å². The Hall–Kier alpha value is -3.63. The van der Waals surface area contributed by atoms with Crippen LogP contribution in [0, 0.1) is 6.92 Å². The van der Waals surface area contributed by atoms with Crippen LogP contribution >= 0.6 is 22.9 Å². The average molecular weight is 574 g/mol. The fourth-order valence-corrected chi connectivity index (χ4v) is 6.09. The standard InChI is InChI=1S/C28H23ClF3N3O3S/c1-4-34-15(3)19(18-8-6-7-9-20(18)34)14-21-25(36)35-23(16-10-12-17(29)13-11-16)22(26(37)38-5-2)24(28(30,31)32)33-27(35)39-21/h6-14,23H,4-5H2,1-3H3/b21-14-/t23-/m0/s1. The highest BCUT2D eigenvalue weighted by Gasteiger charge is 2.45. The first kappa shape index (κ1) is 27.0. The Labute approximate surface area is 229 Å². The van der Waals surface area contributed by atoms with Crippen molar-refractivity contribution in [3.63, 3.8) is 0 Å². The van der Waals surface area contributed by atoms with E-state index in [0.717, 1.165) is 38.1 Å². The normalized spacial score (nSPS) is 16.0. The molecule has 3 heterocycles. The monoisotopic (exact) mass is 573 g/mol. The minimum absolute atomic E-state index is 0.147. The van der Waals surface area contributed by atoms with Gasteiger partial charge in [-0.25, -0.2) is 9.79 Å². The van der Waals surface area contributed by atoms with Crippen molar-refractivity contribution in [3.8, 4) is 0 Å². The van der Waals surface area contributed by atoms with E-state index in [0.29, 0.717) is 11.6 Å². The smallest absolute Gasteiger partial charge is 0.434 e. The number of allylic oxidation sites excluding steroid dienone is 1. The molecule has 1 atom stereocenters. The summed E-state index contributed by atoms with van der Waals surface area (Å²) in [4.78, 5) is 30.5. The molecule has 4 aromatic rings. The Morgan fingerprint density at radius 1 is 1.15 bits per heavy atom. The molecule has 0 bridgehead atoms. The molecular weight excluding hydrogens is 551 g/mol. The van der Waals surface area contributed by atoms with Crippen LogP contribution in [0.4, 0.5) is 13.2 Å². The number of alkyl halides is 3. The predicted octanol–water partition coefficient (Wildman–Crippen LogP) is 5.28. The number of aromatic nitrogens is 2. The lowest BCUT2D eigenvalue weighted by Crippen LogP contribution is -2.41. The van der Waals surface area contributed by atoms with Crippen LogP contribution in [-0.4, -0.2) is 27.9 Å². The average Bonchev–Trinajstić information content (AvgIpc) is 3.36. The van der Waals surface area contributed by atoms with Crippen LogP contribution in [0.3, 0.4) is 0 Å². The molecule has 202 valence electrons. The molecule has 0 N–H and O–H groups in total. The molecule has 0 saturated carbocycles. The van der Waals surface area contributed by atoms with E-state index in [1.54, 1.807) is 6.08 Å². The number of thiazole rings is 1. The lowest BCUT2D eigenvalue weighted by Gasteiger charge is -2.26. The Morgan fingerprint density at radius 2 is 1.85 bits per heavy atom. The quantitative estimate of drug-likeness (QED) is 0.305. The van der Waals surface area contributed by atoms with Crippen LogP contribution < -0.4 is 14.9 Å². The summed E-state index contributed by atoms with van der Waals surface area (Å²) >= 11 is 6.87. The van der Waals surface area contributed by atoms with Gasteiger partial charge in [0, 0.05) is 33.7 Å². The topological polar surface area (TPSA) is 65.6 Å². The summed E-state index contributed by atoms with van der Waals surface area (Å²) in [6, 6.07) is 12.3. The molecule has 2 aromatic carbocycles. The van der Waals surface area contributed by atoms with Crippen molar-refractivity contribution in [3.05, 3.63) is 101 Å². The first-order valence-electron chi connectivity index (χ1n) is 12.2. The number of nitrogens with zero attached hydrogens (tertiary/aromatic N) is 3. The zero-order chi connectivity index (χ0) is 28.1. The van der Waals surface area contributed by atoms with Gasteiger partial charge in [0.05, 0.1) is 22.8 Å². The van der Waals surface area contributed by atoms with Crippen LogP contribution in [0.5, 0.6) is 0 Å². The van der Waals surface area contributed by atoms with Gasteiger partial charge in [0.15, 0.2) is 10.5 Å². The van der Waals surface area contributed by atoms with Crippen LogP contribution in [0.25, 0.3) is 17.0 Å². The Morgan fingerprint density at radius 3 is 2.49 bits per heavy atom. The summed E-state index contributed by atoms with van der Waals surface area (Å²) in [7, 11) is 0. The number of fused-ring (bicyclic) bond motifs is 2. The van der Waals surface area contributed by atoms with Crippen molar-refractivity contribution in [1.82, 2.24) is 9.13 Å². The predicted molar refractivity (Wildman–Crippen MR) is 145 cm³/mol. The Kier molecular flexibility index (Phi) is 7.02. The molecule has 0 saturated heterocycles. The van der Waals surface area contributed by atoms with E-state index in [2.05, 4.69) is 9.56 Å². The summed E-state index contributed by atoms with van der Waals surface area (Å²) in [5.74, 6) is -1.19. The molecule has 2 aromatic heterocycles. The first-order valence-corrected chi connectivity index (χ1v) is 13.4. The minimum atomic E-state index is -4.97. The molecule has 1 aliphatic rings. The largest absolute Gasteiger partial charge is 0.463 e. The third kappa shape index (κ3) is 4.61. The summed E-state index contributed by atoms with van der Waals surface area (Å²) in [6.45, 7) is 6.00. The zero-order valence-corrected chi connectivity index (χ0v) is 22.7. The molecule has 5 rings (SSSR count). The maximum atomic E-state index is 14.3. The second-order valence-electron chi connectivity index (χ2n) is 8.88. The zero-order valence-electron chi connectivity index (χ0n) is 21.2. The third-order valence-electron chi connectivity index (χ3n) is 6.65. The van der Waals surface area contributed by atoms with Gasteiger partial charge in [0.2, 0.25) is 0 Å². The van der Waals surface area contributed by atoms with Gasteiger partial charge >= 0.3 is 12.1 Å². The van der Waals surface area contributed by atoms with E-state index >= 15 is 0 Å². The van der Waals surface area contributed by atoms with Crippen molar-refractivity contribution >= 4 is 45.9 Å². The van der Waals surface area contributed by atoms with Gasteiger partial charge in [0.25, 0.3) is 5.56 Å². The molecule has 0 spiro atoms. The molecule has 0 unspecified atom stereocenters. The first-order chi connectivity index (χ1) is 18.6. The van der Waals surface area contributed by atoms with Gasteiger partial charge in [-0.1, -0.05) is 53.3 Å². The number of benzene rings is 2. The molecule has 6 nitrogen and oxygen atoms in total. The minimum Gasteiger partial charge on any atom is -0.463 e. The van der Waals surface area contributed by atoms with E-state index in [9.17, 15) is 22.8 Å². The fraction of sp³-hybridized carbons (Fsp3) is 0.250. The van der Waals surface area contributed by atoms with E-state index in [1.165, 1.54) is 31.2 Å². The molecule has 0 aliphatic carbocycles. The number of halogens is 4. The highest BCUT2D eigenvalue weighted by Crippen LogP contribution is 2.38. The molecule has 0 radical (unpaired) electrons. The van der Waals surface area contributed by atoms with Gasteiger partial charge in [-0.05, 0) is 50.6 Å². The summed E-state index contributed by atoms with van der Waals surface area (Å²) < 4.78 is 51.3. The third-order valence-corrected chi connectivity index (χ3v) is 7.89. The van der Waals surface area contributed by atoms with E-state index in [1.807, 2.05) is 38.1 Å². The Bertz CT molecular complexity index is 1810. The second kappa shape index (κ2) is 10.2. The van der Waals surface area contributed by atoms with Gasteiger partial charge in [-0.2, -0.15) is 13.2 Å². The number of hydrogen-bond acceptors (Lipinski definition) is 5. The van der Waals surface area contributed by atoms with Crippen molar-refractivity contribution in [2.75, 3.05) is 6.61 Å². The number of carbonyl (C=O) groups is 1. The number of aryl methyl sites for hydroxylation is 1. The lowest BCUT2D eigenvalue weighted by molar-refractivity contribution is -0.140.